The van der Waals surface area contributed by atoms with Gasteiger partial charge in [0.2, 0.25) is 0 Å². The molecule has 1 aliphatic heterocycles. The molecular weight excluding hydrogens is 360 g/mol. The average Bonchev–Trinajstić information content (AvgIpc) is 2.71. The standard InChI is InChI=1S/C21H27ClN4O/c1-3-4-10-24(2)20-9-8-17(16-23-20)21(27)26-13-11-25(12-14-26)19-7-5-6-18(22)15-19/h5-9,15-16H,3-4,10-14H2,1-2H3. The molecule has 144 valence electrons. The van der Waals surface area contributed by atoms with E-state index in [-0.39, 0.29) is 5.91 Å². The number of hydrogen-bond donors (Lipinski definition) is 0. The number of nitrogens with zero attached hydrogens (tertiary/aromatic N) is 4. The number of aromatic nitrogens is 1. The van der Waals surface area contributed by atoms with E-state index in [0.29, 0.717) is 18.7 Å². The largest absolute Gasteiger partial charge is 0.368 e. The van der Waals surface area contributed by atoms with Gasteiger partial charge >= 0.3 is 0 Å². The molecule has 1 aromatic carbocycles. The Bertz CT molecular complexity index is 757. The van der Waals surface area contributed by atoms with Crippen molar-refractivity contribution in [2.24, 2.45) is 0 Å². The molecule has 27 heavy (non-hydrogen) atoms. The Labute approximate surface area is 166 Å². The molecule has 0 bridgehead atoms. The van der Waals surface area contributed by atoms with Crippen molar-refractivity contribution in [3.05, 3.63) is 53.2 Å². The number of rotatable bonds is 6. The van der Waals surface area contributed by atoms with Crippen LogP contribution in [0.3, 0.4) is 0 Å². The maximum Gasteiger partial charge on any atom is 0.255 e. The lowest BCUT2D eigenvalue weighted by Crippen LogP contribution is -2.48. The zero-order valence-corrected chi connectivity index (χ0v) is 16.8. The first-order valence-electron chi connectivity index (χ1n) is 9.55. The minimum absolute atomic E-state index is 0.0519. The molecule has 1 aliphatic rings. The molecule has 2 heterocycles. The molecule has 5 nitrogen and oxygen atoms in total. The van der Waals surface area contributed by atoms with Crippen molar-refractivity contribution in [3.63, 3.8) is 0 Å². The molecule has 6 heteroatoms. The highest BCUT2D eigenvalue weighted by Gasteiger charge is 2.22. The zero-order chi connectivity index (χ0) is 19.2. The summed E-state index contributed by atoms with van der Waals surface area (Å²) in [4.78, 5) is 23.5. The van der Waals surface area contributed by atoms with Crippen LogP contribution in [0.4, 0.5) is 11.5 Å². The molecule has 0 radical (unpaired) electrons. The van der Waals surface area contributed by atoms with E-state index in [1.54, 1.807) is 6.20 Å². The van der Waals surface area contributed by atoms with Crippen LogP contribution in [0.2, 0.25) is 5.02 Å². The van der Waals surface area contributed by atoms with Gasteiger partial charge in [-0.25, -0.2) is 4.98 Å². The Hall–Kier alpha value is -2.27. The summed E-state index contributed by atoms with van der Waals surface area (Å²) in [6.45, 7) is 6.15. The lowest BCUT2D eigenvalue weighted by atomic mass is 10.2. The quantitative estimate of drug-likeness (QED) is 0.754. The normalized spacial score (nSPS) is 14.3. The van der Waals surface area contributed by atoms with Gasteiger partial charge < -0.3 is 14.7 Å². The van der Waals surface area contributed by atoms with E-state index < -0.39 is 0 Å². The second kappa shape index (κ2) is 9.09. The number of amides is 1. The second-order valence-corrected chi connectivity index (χ2v) is 7.38. The third-order valence-electron chi connectivity index (χ3n) is 4.97. The number of carbonyl (C=O) groups excluding carboxylic acids is 1. The van der Waals surface area contributed by atoms with Gasteiger partial charge in [0, 0.05) is 56.7 Å². The summed E-state index contributed by atoms with van der Waals surface area (Å²) in [5.74, 6) is 0.960. The van der Waals surface area contributed by atoms with Gasteiger partial charge in [0.1, 0.15) is 5.82 Å². The first-order valence-corrected chi connectivity index (χ1v) is 9.93. The van der Waals surface area contributed by atoms with Gasteiger partial charge in [-0.3, -0.25) is 4.79 Å². The molecule has 0 saturated carbocycles. The fourth-order valence-corrected chi connectivity index (χ4v) is 3.46. The number of unbranched alkanes of at least 4 members (excludes halogenated alkanes) is 1. The number of benzene rings is 1. The molecule has 1 saturated heterocycles. The first kappa shape index (κ1) is 19.5. The van der Waals surface area contributed by atoms with E-state index in [4.69, 9.17) is 11.6 Å². The predicted octanol–water partition coefficient (Wildman–Crippen LogP) is 3.93. The van der Waals surface area contributed by atoms with Crippen LogP contribution in [-0.2, 0) is 0 Å². The smallest absolute Gasteiger partial charge is 0.255 e. The third kappa shape index (κ3) is 4.92. The van der Waals surface area contributed by atoms with Crippen LogP contribution in [0.25, 0.3) is 0 Å². The topological polar surface area (TPSA) is 39.7 Å². The number of piperazine rings is 1. The Morgan fingerprint density at radius 2 is 1.96 bits per heavy atom. The van der Waals surface area contributed by atoms with Crippen molar-refractivity contribution in [3.8, 4) is 0 Å². The van der Waals surface area contributed by atoms with E-state index in [2.05, 4.69) is 27.8 Å². The van der Waals surface area contributed by atoms with Crippen LogP contribution < -0.4 is 9.80 Å². The molecule has 1 aromatic heterocycles. The van der Waals surface area contributed by atoms with E-state index in [0.717, 1.165) is 49.0 Å². The van der Waals surface area contributed by atoms with Crippen molar-refractivity contribution >= 4 is 29.0 Å². The Kier molecular flexibility index (Phi) is 6.56. The fourth-order valence-electron chi connectivity index (χ4n) is 3.27. The summed E-state index contributed by atoms with van der Waals surface area (Å²) >= 11 is 6.08. The van der Waals surface area contributed by atoms with E-state index in [1.165, 1.54) is 0 Å². The third-order valence-corrected chi connectivity index (χ3v) is 5.21. The van der Waals surface area contributed by atoms with Crippen LogP contribution in [0.5, 0.6) is 0 Å². The molecule has 1 amide bonds. The van der Waals surface area contributed by atoms with E-state index >= 15 is 0 Å². The van der Waals surface area contributed by atoms with Gasteiger partial charge in [0.15, 0.2) is 0 Å². The van der Waals surface area contributed by atoms with Crippen LogP contribution in [0, 0.1) is 0 Å². The minimum atomic E-state index is 0.0519. The van der Waals surface area contributed by atoms with Crippen LogP contribution in [-0.4, -0.2) is 55.6 Å². The highest BCUT2D eigenvalue weighted by atomic mass is 35.5. The number of carbonyl (C=O) groups is 1. The number of halogens is 1. The number of anilines is 2. The van der Waals surface area contributed by atoms with Gasteiger partial charge in [-0.15, -0.1) is 0 Å². The van der Waals surface area contributed by atoms with Crippen molar-refractivity contribution in [2.75, 3.05) is 49.6 Å². The first-order chi connectivity index (χ1) is 13.1. The Balaban J connectivity index is 1.57. The minimum Gasteiger partial charge on any atom is -0.368 e. The molecule has 1 fully saturated rings. The second-order valence-electron chi connectivity index (χ2n) is 6.94. The van der Waals surface area contributed by atoms with Gasteiger partial charge in [-0.2, -0.15) is 0 Å². The number of hydrogen-bond acceptors (Lipinski definition) is 4. The lowest BCUT2D eigenvalue weighted by Gasteiger charge is -2.36. The molecule has 0 N–H and O–H groups in total. The highest BCUT2D eigenvalue weighted by molar-refractivity contribution is 6.30. The van der Waals surface area contributed by atoms with Crippen molar-refractivity contribution in [1.82, 2.24) is 9.88 Å². The van der Waals surface area contributed by atoms with E-state index in [1.807, 2.05) is 42.3 Å². The van der Waals surface area contributed by atoms with Crippen molar-refractivity contribution < 1.29 is 4.79 Å². The SMILES string of the molecule is CCCCN(C)c1ccc(C(=O)N2CCN(c3cccc(Cl)c3)CC2)cn1. The zero-order valence-electron chi connectivity index (χ0n) is 16.1. The molecule has 0 atom stereocenters. The molecule has 2 aromatic rings. The van der Waals surface area contributed by atoms with Crippen LogP contribution in [0.1, 0.15) is 30.1 Å². The molecule has 3 rings (SSSR count). The summed E-state index contributed by atoms with van der Waals surface area (Å²) < 4.78 is 0. The highest BCUT2D eigenvalue weighted by Crippen LogP contribution is 2.21. The lowest BCUT2D eigenvalue weighted by molar-refractivity contribution is 0.0746. The van der Waals surface area contributed by atoms with Gasteiger partial charge in [-0.05, 0) is 36.8 Å². The molecular formula is C21H27ClN4O. The summed E-state index contributed by atoms with van der Waals surface area (Å²) in [6, 6.07) is 11.7. The Morgan fingerprint density at radius 1 is 1.19 bits per heavy atom. The summed E-state index contributed by atoms with van der Waals surface area (Å²) in [5.41, 5.74) is 1.76. The Morgan fingerprint density at radius 3 is 2.59 bits per heavy atom. The maximum atomic E-state index is 12.8. The van der Waals surface area contributed by atoms with Crippen molar-refractivity contribution in [1.29, 1.82) is 0 Å². The molecule has 0 spiro atoms. The van der Waals surface area contributed by atoms with Gasteiger partial charge in [0.25, 0.3) is 5.91 Å². The molecule has 0 unspecified atom stereocenters. The monoisotopic (exact) mass is 386 g/mol. The molecule has 0 aliphatic carbocycles. The van der Waals surface area contributed by atoms with Crippen LogP contribution in [0.15, 0.2) is 42.6 Å². The summed E-state index contributed by atoms with van der Waals surface area (Å²) in [6.07, 6.45) is 3.99. The fraction of sp³-hybridized carbons (Fsp3) is 0.429. The average molecular weight is 387 g/mol. The van der Waals surface area contributed by atoms with Crippen LogP contribution >= 0.6 is 11.6 Å². The van der Waals surface area contributed by atoms with Gasteiger partial charge in [-0.1, -0.05) is 31.0 Å². The van der Waals surface area contributed by atoms with Gasteiger partial charge in [0.05, 0.1) is 5.56 Å². The number of pyridine rings is 1. The van der Waals surface area contributed by atoms with E-state index in [9.17, 15) is 4.79 Å². The summed E-state index contributed by atoms with van der Waals surface area (Å²) in [7, 11) is 2.04. The van der Waals surface area contributed by atoms with Crippen molar-refractivity contribution in [2.45, 2.75) is 19.8 Å². The summed E-state index contributed by atoms with van der Waals surface area (Å²) in [5, 5.41) is 0.737. The maximum absolute atomic E-state index is 12.8. The predicted molar refractivity (Wildman–Crippen MR) is 112 cm³/mol.